The number of esters is 1. The number of hydrogen-bond acceptors (Lipinski definition) is 9. The van der Waals surface area contributed by atoms with Gasteiger partial charge in [0.05, 0.1) is 31.0 Å². The maximum absolute atomic E-state index is 13.8. The van der Waals surface area contributed by atoms with Crippen LogP contribution in [0.3, 0.4) is 0 Å². The number of ether oxygens (including phenoxy) is 5. The number of anilines is 1. The Bertz CT molecular complexity index is 1060. The van der Waals surface area contributed by atoms with Crippen LogP contribution in [0.4, 0.5) is 10.5 Å². The molecule has 222 valence electrons. The van der Waals surface area contributed by atoms with Crippen molar-refractivity contribution in [3.05, 3.63) is 30.4 Å². The lowest BCUT2D eigenvalue weighted by Gasteiger charge is -2.38. The Morgan fingerprint density at radius 2 is 1.90 bits per heavy atom. The van der Waals surface area contributed by atoms with Crippen LogP contribution < -0.4 is 14.4 Å². The molecule has 1 N–H and O–H groups in total. The van der Waals surface area contributed by atoms with Gasteiger partial charge in [0.2, 0.25) is 0 Å². The molecule has 1 fully saturated rings. The summed E-state index contributed by atoms with van der Waals surface area (Å²) < 4.78 is 27.6. The highest BCUT2D eigenvalue weighted by atomic mass is 28.3. The molecule has 11 nitrogen and oxygen atoms in total. The molecule has 0 bridgehead atoms. The number of amides is 2. The lowest BCUT2D eigenvalue weighted by molar-refractivity contribution is -0.140. The third-order valence-electron chi connectivity index (χ3n) is 6.80. The van der Waals surface area contributed by atoms with E-state index in [1.807, 2.05) is 0 Å². The minimum Gasteiger partial charge on any atom is -0.490 e. The fourth-order valence-electron chi connectivity index (χ4n) is 4.58. The van der Waals surface area contributed by atoms with Gasteiger partial charge in [0, 0.05) is 33.7 Å². The van der Waals surface area contributed by atoms with Crippen molar-refractivity contribution in [1.82, 2.24) is 4.90 Å². The second-order valence-electron chi connectivity index (χ2n) is 11.0. The van der Waals surface area contributed by atoms with Crippen molar-refractivity contribution < 1.29 is 43.2 Å². The fraction of sp³-hybridized carbons (Fsp3) is 0.607. The molecule has 2 aliphatic rings. The van der Waals surface area contributed by atoms with E-state index in [2.05, 4.69) is 31.0 Å². The molecule has 2 aliphatic heterocycles. The molecular formula is C28H42N2O9Si. The molecule has 2 unspecified atom stereocenters. The third kappa shape index (κ3) is 8.21. The van der Waals surface area contributed by atoms with Crippen LogP contribution in [0.1, 0.15) is 42.5 Å². The van der Waals surface area contributed by atoms with E-state index in [1.54, 1.807) is 4.90 Å². The molecule has 0 aliphatic carbocycles. The molecule has 12 heteroatoms. The van der Waals surface area contributed by atoms with Crippen LogP contribution in [0, 0.1) is 0 Å². The largest absolute Gasteiger partial charge is 0.490 e. The zero-order valence-electron chi connectivity index (χ0n) is 24.0. The lowest BCUT2D eigenvalue weighted by Crippen LogP contribution is -2.55. The van der Waals surface area contributed by atoms with Gasteiger partial charge in [-0.3, -0.25) is 9.59 Å². The Morgan fingerprint density at radius 1 is 1.15 bits per heavy atom. The maximum Gasteiger partial charge on any atom is 0.416 e. The lowest BCUT2D eigenvalue weighted by atomic mass is 10.0. The number of piperidine rings is 1. The first-order chi connectivity index (χ1) is 19.1. The van der Waals surface area contributed by atoms with Crippen molar-refractivity contribution in [2.75, 3.05) is 45.2 Å². The standard InChI is InChI=1S/C28H42N2O9Si/c1-6-13-38-28(34)30-22-18-24(37-14-9-11-25(31)35-2)23(39-19-36-15-16-40(3,4)5)17-20(22)26(32)29-12-8-7-10-21(29)27(30)33/h6,17-18,21,27,33H,1,7-16,19H2,2-5H3. The summed E-state index contributed by atoms with van der Waals surface area (Å²) in [6.45, 7) is 11.4. The zero-order valence-corrected chi connectivity index (χ0v) is 25.0. The molecule has 2 amide bonds. The van der Waals surface area contributed by atoms with E-state index in [1.165, 1.54) is 25.3 Å². The van der Waals surface area contributed by atoms with Gasteiger partial charge >= 0.3 is 12.1 Å². The molecule has 3 rings (SSSR count). The molecule has 0 spiro atoms. The summed E-state index contributed by atoms with van der Waals surface area (Å²) >= 11 is 0. The maximum atomic E-state index is 13.8. The average molecular weight is 579 g/mol. The number of nitrogens with zero attached hydrogens (tertiary/aromatic N) is 2. The number of fused-ring (bicyclic) bond motifs is 2. The van der Waals surface area contributed by atoms with Crippen LogP contribution >= 0.6 is 0 Å². The number of aliphatic hydroxyl groups is 1. The van der Waals surface area contributed by atoms with E-state index in [0.29, 0.717) is 26.0 Å². The van der Waals surface area contributed by atoms with Gasteiger partial charge in [-0.15, -0.1) is 0 Å². The monoisotopic (exact) mass is 578 g/mol. The van der Waals surface area contributed by atoms with Crippen molar-refractivity contribution in [2.24, 2.45) is 0 Å². The van der Waals surface area contributed by atoms with Crippen LogP contribution in [0.15, 0.2) is 24.8 Å². The molecule has 2 heterocycles. The van der Waals surface area contributed by atoms with Crippen LogP contribution in [0.2, 0.25) is 25.7 Å². The summed E-state index contributed by atoms with van der Waals surface area (Å²) in [7, 11) is 0.0293. The van der Waals surface area contributed by atoms with Crippen LogP contribution in [-0.2, 0) is 19.0 Å². The van der Waals surface area contributed by atoms with Crippen molar-refractivity contribution in [3.63, 3.8) is 0 Å². The highest BCUT2D eigenvalue weighted by Crippen LogP contribution is 2.41. The van der Waals surface area contributed by atoms with E-state index in [4.69, 9.17) is 18.9 Å². The summed E-state index contributed by atoms with van der Waals surface area (Å²) in [6.07, 6.45) is 1.97. The van der Waals surface area contributed by atoms with Gasteiger partial charge in [0.25, 0.3) is 5.91 Å². The van der Waals surface area contributed by atoms with Crippen LogP contribution in [-0.4, -0.2) is 88.6 Å². The van der Waals surface area contributed by atoms with Crippen molar-refractivity contribution >= 4 is 31.7 Å². The first-order valence-electron chi connectivity index (χ1n) is 13.7. The summed E-state index contributed by atoms with van der Waals surface area (Å²) in [5.74, 6) is -0.194. The van der Waals surface area contributed by atoms with Gasteiger partial charge in [0.15, 0.2) is 24.5 Å². The Morgan fingerprint density at radius 3 is 2.60 bits per heavy atom. The average Bonchev–Trinajstić information content (AvgIpc) is 3.01. The number of hydrogen-bond donors (Lipinski definition) is 1. The van der Waals surface area contributed by atoms with E-state index < -0.39 is 26.4 Å². The number of benzene rings is 1. The number of methoxy groups -OCH3 is 1. The second kappa shape index (κ2) is 14.5. The smallest absolute Gasteiger partial charge is 0.416 e. The van der Waals surface area contributed by atoms with Gasteiger partial charge in [-0.25, -0.2) is 9.69 Å². The molecule has 1 aromatic carbocycles. The number of carbonyl (C=O) groups is 3. The molecule has 1 aromatic rings. The van der Waals surface area contributed by atoms with E-state index in [0.717, 1.165) is 23.8 Å². The highest BCUT2D eigenvalue weighted by molar-refractivity contribution is 6.76. The predicted octanol–water partition coefficient (Wildman–Crippen LogP) is 4.17. The normalized spacial score (nSPS) is 18.8. The molecule has 40 heavy (non-hydrogen) atoms. The second-order valence-corrected chi connectivity index (χ2v) is 16.7. The summed E-state index contributed by atoms with van der Waals surface area (Å²) in [6, 6.07) is 3.39. The minimum absolute atomic E-state index is 0.0595. The van der Waals surface area contributed by atoms with Crippen LogP contribution in [0.5, 0.6) is 11.5 Å². The van der Waals surface area contributed by atoms with E-state index in [9.17, 15) is 19.5 Å². The van der Waals surface area contributed by atoms with Gasteiger partial charge in [0.1, 0.15) is 6.61 Å². The number of aliphatic hydroxyl groups excluding tert-OH is 1. The molecule has 0 aromatic heterocycles. The van der Waals surface area contributed by atoms with Gasteiger partial charge in [-0.2, -0.15) is 0 Å². The summed E-state index contributed by atoms with van der Waals surface area (Å²) in [5, 5.41) is 11.4. The minimum atomic E-state index is -1.33. The van der Waals surface area contributed by atoms with Gasteiger partial charge < -0.3 is 33.7 Å². The first kappa shape index (κ1) is 31.4. The number of rotatable bonds is 13. The van der Waals surface area contributed by atoms with Crippen LogP contribution in [0.25, 0.3) is 0 Å². The van der Waals surface area contributed by atoms with Gasteiger partial charge in [-0.1, -0.05) is 32.3 Å². The van der Waals surface area contributed by atoms with Crippen molar-refractivity contribution in [3.8, 4) is 11.5 Å². The predicted molar refractivity (Wildman–Crippen MR) is 151 cm³/mol. The molecule has 2 atom stereocenters. The highest BCUT2D eigenvalue weighted by Gasteiger charge is 2.44. The molecular weight excluding hydrogens is 536 g/mol. The van der Waals surface area contributed by atoms with E-state index in [-0.39, 0.29) is 61.1 Å². The SMILES string of the molecule is C=CCOC(=O)N1c2cc(OCCCC(=O)OC)c(OCOCC[Si](C)(C)C)cc2C(=O)N2CCCCC2C1O. The Labute approximate surface area is 237 Å². The van der Waals surface area contributed by atoms with Crippen molar-refractivity contribution in [2.45, 2.75) is 70.1 Å². The summed E-state index contributed by atoms with van der Waals surface area (Å²) in [4.78, 5) is 41.2. The Hall–Kier alpha value is -3.09. The topological polar surface area (TPSA) is 124 Å². The zero-order chi connectivity index (χ0) is 29.3. The Balaban J connectivity index is 1.97. The fourth-order valence-corrected chi connectivity index (χ4v) is 5.34. The quantitative estimate of drug-likeness (QED) is 0.121. The molecule has 0 saturated carbocycles. The number of carbonyl (C=O) groups excluding carboxylic acids is 3. The van der Waals surface area contributed by atoms with E-state index >= 15 is 0 Å². The Kier molecular flexibility index (Phi) is 11.4. The summed E-state index contributed by atoms with van der Waals surface area (Å²) in [5.41, 5.74) is 0.328. The first-order valence-corrected chi connectivity index (χ1v) is 17.4. The van der Waals surface area contributed by atoms with Crippen molar-refractivity contribution in [1.29, 1.82) is 0 Å². The molecule has 0 radical (unpaired) electrons. The van der Waals surface area contributed by atoms with Gasteiger partial charge in [-0.05, 0) is 37.8 Å². The molecule has 1 saturated heterocycles. The third-order valence-corrected chi connectivity index (χ3v) is 8.50.